The quantitative estimate of drug-likeness (QED) is 0.889. The van der Waals surface area contributed by atoms with Gasteiger partial charge in [-0.2, -0.15) is 5.26 Å². The Morgan fingerprint density at radius 1 is 1.33 bits per heavy atom. The minimum atomic E-state index is -0.218. The predicted molar refractivity (Wildman–Crippen MR) is 75.6 cm³/mol. The van der Waals surface area contributed by atoms with Crippen LogP contribution in [0.2, 0.25) is 0 Å². The lowest BCUT2D eigenvalue weighted by atomic mass is 10.1. The van der Waals surface area contributed by atoms with E-state index in [-0.39, 0.29) is 6.04 Å². The fraction of sp³-hybridized carbons (Fsp3) is 0.267. The molecule has 0 aliphatic heterocycles. The minimum Gasteiger partial charge on any atom is -0.298 e. The molecule has 18 heavy (non-hydrogen) atoms. The van der Waals surface area contributed by atoms with Gasteiger partial charge in [-0.3, -0.25) is 5.32 Å². The lowest BCUT2D eigenvalue weighted by Gasteiger charge is -2.12. The Bertz CT molecular complexity index is 526. The average molecular weight is 256 g/mol. The van der Waals surface area contributed by atoms with E-state index in [1.165, 1.54) is 10.4 Å². The third-order valence-corrected chi connectivity index (χ3v) is 3.74. The van der Waals surface area contributed by atoms with Crippen LogP contribution in [0.15, 0.2) is 41.8 Å². The van der Waals surface area contributed by atoms with Crippen LogP contribution in [0.1, 0.15) is 22.0 Å². The molecule has 0 fully saturated rings. The van der Waals surface area contributed by atoms with Crippen LogP contribution in [0.25, 0.3) is 0 Å². The van der Waals surface area contributed by atoms with Crippen LogP contribution >= 0.6 is 11.3 Å². The van der Waals surface area contributed by atoms with Gasteiger partial charge in [0, 0.05) is 11.4 Å². The molecular weight excluding hydrogens is 240 g/mol. The maximum Gasteiger partial charge on any atom is 0.121 e. The smallest absolute Gasteiger partial charge is 0.121 e. The van der Waals surface area contributed by atoms with Crippen molar-refractivity contribution in [3.8, 4) is 6.07 Å². The molecule has 2 nitrogen and oxygen atoms in total. The zero-order chi connectivity index (χ0) is 12.8. The third-order valence-electron chi connectivity index (χ3n) is 2.80. The minimum absolute atomic E-state index is 0.218. The highest BCUT2D eigenvalue weighted by Crippen LogP contribution is 2.14. The van der Waals surface area contributed by atoms with Gasteiger partial charge in [-0.25, -0.2) is 0 Å². The van der Waals surface area contributed by atoms with Gasteiger partial charge < -0.3 is 0 Å². The number of benzene rings is 1. The van der Waals surface area contributed by atoms with Gasteiger partial charge in [0.1, 0.15) is 6.04 Å². The second-order valence-corrected chi connectivity index (χ2v) is 5.29. The van der Waals surface area contributed by atoms with E-state index in [0.29, 0.717) is 0 Å². The molecule has 0 bridgehead atoms. The molecule has 0 saturated carbocycles. The van der Waals surface area contributed by atoms with Gasteiger partial charge >= 0.3 is 0 Å². The predicted octanol–water partition coefficient (Wildman–Crippen LogP) is 3.45. The van der Waals surface area contributed by atoms with Gasteiger partial charge in [0.2, 0.25) is 0 Å². The molecule has 1 atom stereocenters. The average Bonchev–Trinajstić information content (AvgIpc) is 2.88. The lowest BCUT2D eigenvalue weighted by molar-refractivity contribution is 0.632. The van der Waals surface area contributed by atoms with Crippen LogP contribution in [0.5, 0.6) is 0 Å². The molecule has 2 aromatic rings. The lowest BCUT2D eigenvalue weighted by Crippen LogP contribution is -2.22. The van der Waals surface area contributed by atoms with Crippen molar-refractivity contribution >= 4 is 11.3 Å². The Balaban J connectivity index is 1.92. The zero-order valence-corrected chi connectivity index (χ0v) is 11.2. The normalized spacial score (nSPS) is 12.0. The molecule has 1 N–H and O–H groups in total. The zero-order valence-electron chi connectivity index (χ0n) is 10.4. The number of aryl methyl sites for hydroxylation is 1. The van der Waals surface area contributed by atoms with Gasteiger partial charge in [0.05, 0.1) is 6.07 Å². The summed E-state index contributed by atoms with van der Waals surface area (Å²) < 4.78 is 0. The Labute approximate surface area is 112 Å². The highest BCUT2D eigenvalue weighted by atomic mass is 32.1. The molecule has 1 aromatic heterocycles. The van der Waals surface area contributed by atoms with Crippen molar-refractivity contribution in [3.05, 3.63) is 57.8 Å². The van der Waals surface area contributed by atoms with Crippen molar-refractivity contribution in [2.24, 2.45) is 0 Å². The maximum atomic E-state index is 9.22. The van der Waals surface area contributed by atoms with E-state index in [1.54, 1.807) is 11.3 Å². The van der Waals surface area contributed by atoms with Crippen LogP contribution in [0.3, 0.4) is 0 Å². The van der Waals surface area contributed by atoms with Gasteiger partial charge in [-0.05, 0) is 30.4 Å². The Morgan fingerprint density at radius 2 is 2.22 bits per heavy atom. The van der Waals surface area contributed by atoms with Crippen molar-refractivity contribution in [2.45, 2.75) is 19.4 Å². The van der Waals surface area contributed by atoms with Crippen molar-refractivity contribution in [3.63, 3.8) is 0 Å². The summed E-state index contributed by atoms with van der Waals surface area (Å²) in [6.45, 7) is 2.87. The molecule has 0 spiro atoms. The Kier molecular flexibility index (Phi) is 4.52. The van der Waals surface area contributed by atoms with Crippen LogP contribution in [-0.4, -0.2) is 6.54 Å². The van der Waals surface area contributed by atoms with Gasteiger partial charge in [0.25, 0.3) is 0 Å². The van der Waals surface area contributed by atoms with Crippen molar-refractivity contribution in [1.29, 1.82) is 5.26 Å². The number of nitrogens with one attached hydrogen (secondary N) is 1. The van der Waals surface area contributed by atoms with Crippen LogP contribution in [-0.2, 0) is 6.42 Å². The molecule has 2 rings (SSSR count). The van der Waals surface area contributed by atoms with Crippen molar-refractivity contribution in [1.82, 2.24) is 5.32 Å². The summed E-state index contributed by atoms with van der Waals surface area (Å²) in [5.41, 5.74) is 2.23. The second kappa shape index (κ2) is 6.34. The largest absolute Gasteiger partial charge is 0.298 e. The molecule has 0 aliphatic carbocycles. The van der Waals surface area contributed by atoms with Crippen LogP contribution in [0.4, 0.5) is 0 Å². The summed E-state index contributed by atoms with van der Waals surface area (Å²) >= 11 is 1.76. The van der Waals surface area contributed by atoms with E-state index < -0.39 is 0 Å². The SMILES string of the molecule is Cc1cccc(C(C#N)NCCc2cccs2)c1. The van der Waals surface area contributed by atoms with E-state index in [0.717, 1.165) is 18.5 Å². The second-order valence-electron chi connectivity index (χ2n) is 4.26. The summed E-state index contributed by atoms with van der Waals surface area (Å²) in [5, 5.41) is 14.6. The maximum absolute atomic E-state index is 9.22. The summed E-state index contributed by atoms with van der Waals surface area (Å²) in [6.07, 6.45) is 0.974. The number of hydrogen-bond donors (Lipinski definition) is 1. The van der Waals surface area contributed by atoms with E-state index in [9.17, 15) is 5.26 Å². The summed E-state index contributed by atoms with van der Waals surface area (Å²) in [4.78, 5) is 1.35. The van der Waals surface area contributed by atoms with Crippen LogP contribution < -0.4 is 5.32 Å². The van der Waals surface area contributed by atoms with Crippen LogP contribution in [0, 0.1) is 18.3 Å². The molecule has 92 valence electrons. The molecule has 0 saturated heterocycles. The first-order valence-electron chi connectivity index (χ1n) is 6.01. The first-order chi connectivity index (χ1) is 8.79. The molecular formula is C15H16N2S. The molecule has 3 heteroatoms. The molecule has 0 aliphatic rings. The summed E-state index contributed by atoms with van der Waals surface area (Å²) in [7, 11) is 0. The van der Waals surface area contributed by atoms with E-state index in [1.807, 2.05) is 25.1 Å². The van der Waals surface area contributed by atoms with E-state index in [4.69, 9.17) is 0 Å². The Hall–Kier alpha value is -1.63. The fourth-order valence-electron chi connectivity index (χ4n) is 1.88. The number of hydrogen-bond acceptors (Lipinski definition) is 3. The molecule has 0 amide bonds. The van der Waals surface area contributed by atoms with Crippen molar-refractivity contribution in [2.75, 3.05) is 6.54 Å². The standard InChI is InChI=1S/C15H16N2S/c1-12-4-2-5-13(10-12)15(11-16)17-8-7-14-6-3-9-18-14/h2-6,9-10,15,17H,7-8H2,1H3. The number of nitriles is 1. The number of rotatable bonds is 5. The number of nitrogens with zero attached hydrogens (tertiary/aromatic N) is 1. The first kappa shape index (κ1) is 12.8. The molecule has 1 heterocycles. The number of thiophene rings is 1. The van der Waals surface area contributed by atoms with E-state index in [2.05, 4.69) is 35.0 Å². The van der Waals surface area contributed by atoms with E-state index >= 15 is 0 Å². The third kappa shape index (κ3) is 3.43. The molecule has 1 aromatic carbocycles. The van der Waals surface area contributed by atoms with Crippen molar-refractivity contribution < 1.29 is 0 Å². The topological polar surface area (TPSA) is 35.8 Å². The first-order valence-corrected chi connectivity index (χ1v) is 6.89. The monoisotopic (exact) mass is 256 g/mol. The molecule has 1 unspecified atom stereocenters. The highest BCUT2D eigenvalue weighted by Gasteiger charge is 2.09. The van der Waals surface area contributed by atoms with Gasteiger partial charge in [-0.1, -0.05) is 35.9 Å². The summed E-state index contributed by atoms with van der Waals surface area (Å²) in [5.74, 6) is 0. The van der Waals surface area contributed by atoms with Gasteiger partial charge in [0.15, 0.2) is 0 Å². The fourth-order valence-corrected chi connectivity index (χ4v) is 2.59. The van der Waals surface area contributed by atoms with Gasteiger partial charge in [-0.15, -0.1) is 11.3 Å². The highest BCUT2D eigenvalue weighted by molar-refractivity contribution is 7.09. The summed E-state index contributed by atoms with van der Waals surface area (Å²) in [6, 6.07) is 14.4. The molecule has 0 radical (unpaired) electrons. The Morgan fingerprint density at radius 3 is 2.89 bits per heavy atom.